The van der Waals surface area contributed by atoms with E-state index >= 15 is 0 Å². The minimum atomic E-state index is -4.29. The highest BCUT2D eigenvalue weighted by atomic mass is 32.2. The zero-order chi connectivity index (χ0) is 19.1. The Morgan fingerprint density at radius 3 is 2.35 bits per heavy atom. The molecule has 3 rings (SSSR count). The van der Waals surface area contributed by atoms with Crippen LogP contribution >= 0.6 is 0 Å². The van der Waals surface area contributed by atoms with Gasteiger partial charge in [0.15, 0.2) is 0 Å². The lowest BCUT2D eigenvalue weighted by Gasteiger charge is -2.18. The first-order valence-corrected chi connectivity index (χ1v) is 9.53. The number of rotatable bonds is 4. The largest absolute Gasteiger partial charge is 0.311 e. The SMILES string of the molecule is Cc1cc(C)cc(N2CC[C@@H](NS(=O)(=O)c3ccc(F)cc3F)C2=O)c1. The number of anilines is 1. The standard InChI is InChI=1S/C18H18F2N2O3S/c1-11-7-12(2)9-14(8-11)22-6-5-16(18(22)23)21-26(24,25)17-4-3-13(19)10-15(17)20/h3-4,7-10,16,21H,5-6H2,1-2H3/t16-/m1/s1. The number of hydrogen-bond donors (Lipinski definition) is 1. The van der Waals surface area contributed by atoms with Gasteiger partial charge in [0.1, 0.15) is 22.6 Å². The van der Waals surface area contributed by atoms with Crippen molar-refractivity contribution in [2.75, 3.05) is 11.4 Å². The zero-order valence-corrected chi connectivity index (χ0v) is 15.1. The van der Waals surface area contributed by atoms with Gasteiger partial charge < -0.3 is 4.90 Å². The molecule has 1 aliphatic heterocycles. The molecule has 0 saturated carbocycles. The van der Waals surface area contributed by atoms with Crippen molar-refractivity contribution in [3.8, 4) is 0 Å². The quantitative estimate of drug-likeness (QED) is 0.887. The second-order valence-electron chi connectivity index (χ2n) is 6.37. The van der Waals surface area contributed by atoms with Crippen molar-refractivity contribution in [2.45, 2.75) is 31.2 Å². The topological polar surface area (TPSA) is 66.5 Å². The summed E-state index contributed by atoms with van der Waals surface area (Å²) in [5, 5.41) is 0. The summed E-state index contributed by atoms with van der Waals surface area (Å²) in [5.74, 6) is -2.48. The lowest BCUT2D eigenvalue weighted by molar-refractivity contribution is -0.118. The fourth-order valence-corrected chi connectivity index (χ4v) is 4.38. The van der Waals surface area contributed by atoms with Gasteiger partial charge in [0.2, 0.25) is 15.9 Å². The zero-order valence-electron chi connectivity index (χ0n) is 14.3. The predicted molar refractivity (Wildman–Crippen MR) is 93.4 cm³/mol. The Balaban J connectivity index is 1.82. The molecular weight excluding hydrogens is 362 g/mol. The van der Waals surface area contributed by atoms with E-state index in [1.165, 1.54) is 4.90 Å². The van der Waals surface area contributed by atoms with Gasteiger partial charge in [0.05, 0.1) is 0 Å². The van der Waals surface area contributed by atoms with E-state index < -0.39 is 38.5 Å². The maximum Gasteiger partial charge on any atom is 0.245 e. The van der Waals surface area contributed by atoms with E-state index in [9.17, 15) is 22.0 Å². The highest BCUT2D eigenvalue weighted by Crippen LogP contribution is 2.25. The molecule has 1 aliphatic rings. The highest BCUT2D eigenvalue weighted by Gasteiger charge is 2.36. The van der Waals surface area contributed by atoms with E-state index in [0.717, 1.165) is 23.3 Å². The molecular formula is C18H18F2N2O3S. The Morgan fingerprint density at radius 1 is 1.08 bits per heavy atom. The number of halogens is 2. The molecule has 8 heteroatoms. The van der Waals surface area contributed by atoms with Crippen LogP contribution in [0.15, 0.2) is 41.3 Å². The van der Waals surface area contributed by atoms with Gasteiger partial charge in [0.25, 0.3) is 0 Å². The molecule has 1 N–H and O–H groups in total. The van der Waals surface area contributed by atoms with Gasteiger partial charge in [-0.15, -0.1) is 0 Å². The van der Waals surface area contributed by atoms with Crippen molar-refractivity contribution in [1.29, 1.82) is 0 Å². The molecule has 1 atom stereocenters. The fraction of sp³-hybridized carbons (Fsp3) is 0.278. The third-order valence-electron chi connectivity index (χ3n) is 4.20. The van der Waals surface area contributed by atoms with Crippen LogP contribution in [0.25, 0.3) is 0 Å². The number of benzene rings is 2. The van der Waals surface area contributed by atoms with Gasteiger partial charge in [-0.3, -0.25) is 4.79 Å². The van der Waals surface area contributed by atoms with Crippen LogP contribution in [0.3, 0.4) is 0 Å². The summed E-state index contributed by atoms with van der Waals surface area (Å²) in [5.41, 5.74) is 2.68. The maximum atomic E-state index is 13.8. The Hall–Kier alpha value is -2.32. The molecule has 1 fully saturated rings. The molecule has 2 aromatic rings. The van der Waals surface area contributed by atoms with Gasteiger partial charge in [-0.05, 0) is 55.7 Å². The summed E-state index contributed by atoms with van der Waals surface area (Å²) in [4.78, 5) is 13.4. The van der Waals surface area contributed by atoms with E-state index in [-0.39, 0.29) is 6.42 Å². The number of carbonyl (C=O) groups is 1. The van der Waals surface area contributed by atoms with Crippen molar-refractivity contribution in [1.82, 2.24) is 4.72 Å². The van der Waals surface area contributed by atoms with Crippen LogP contribution in [0.5, 0.6) is 0 Å². The third-order valence-corrected chi connectivity index (χ3v) is 5.71. The molecule has 1 saturated heterocycles. The minimum absolute atomic E-state index is 0.258. The Labute approximate surface area is 150 Å². The molecule has 0 radical (unpaired) electrons. The van der Waals surface area contributed by atoms with E-state index in [4.69, 9.17) is 0 Å². The van der Waals surface area contributed by atoms with Crippen LogP contribution in [0, 0.1) is 25.5 Å². The molecule has 0 aliphatic carbocycles. The van der Waals surface area contributed by atoms with E-state index in [1.54, 1.807) is 0 Å². The first-order valence-electron chi connectivity index (χ1n) is 8.04. The van der Waals surface area contributed by atoms with Gasteiger partial charge in [-0.1, -0.05) is 6.07 Å². The lowest BCUT2D eigenvalue weighted by Crippen LogP contribution is -2.41. The molecule has 0 bridgehead atoms. The lowest BCUT2D eigenvalue weighted by atomic mass is 10.1. The van der Waals surface area contributed by atoms with Crippen LogP contribution < -0.4 is 9.62 Å². The summed E-state index contributed by atoms with van der Waals surface area (Å²) < 4.78 is 53.8. The summed E-state index contributed by atoms with van der Waals surface area (Å²) in [7, 11) is -4.29. The number of amides is 1. The van der Waals surface area contributed by atoms with Crippen molar-refractivity contribution in [3.05, 3.63) is 59.2 Å². The average Bonchev–Trinajstić information content (AvgIpc) is 2.86. The molecule has 5 nitrogen and oxygen atoms in total. The Bertz CT molecular complexity index is 956. The van der Waals surface area contributed by atoms with Gasteiger partial charge >= 0.3 is 0 Å². The van der Waals surface area contributed by atoms with Gasteiger partial charge in [-0.25, -0.2) is 17.2 Å². The summed E-state index contributed by atoms with van der Waals surface area (Å²) in [6.45, 7) is 4.17. The molecule has 1 amide bonds. The first-order chi connectivity index (χ1) is 12.2. The Kier molecular flexibility index (Phi) is 4.81. The molecule has 0 unspecified atom stereocenters. The third kappa shape index (κ3) is 3.61. The highest BCUT2D eigenvalue weighted by molar-refractivity contribution is 7.89. The van der Waals surface area contributed by atoms with E-state index in [0.29, 0.717) is 18.3 Å². The van der Waals surface area contributed by atoms with Crippen LogP contribution in [-0.4, -0.2) is 26.9 Å². The number of nitrogens with one attached hydrogen (secondary N) is 1. The number of hydrogen-bond acceptors (Lipinski definition) is 3. The van der Waals surface area contributed by atoms with Crippen LogP contribution in [0.1, 0.15) is 17.5 Å². The van der Waals surface area contributed by atoms with Gasteiger partial charge in [0, 0.05) is 18.3 Å². The second-order valence-corrected chi connectivity index (χ2v) is 8.06. The molecule has 1 heterocycles. The fourth-order valence-electron chi connectivity index (χ4n) is 3.10. The number of carbonyl (C=O) groups excluding carboxylic acids is 1. The van der Waals surface area contributed by atoms with Crippen molar-refractivity contribution in [3.63, 3.8) is 0 Å². The van der Waals surface area contributed by atoms with Crippen molar-refractivity contribution < 1.29 is 22.0 Å². The minimum Gasteiger partial charge on any atom is -0.311 e. The monoisotopic (exact) mass is 380 g/mol. The van der Waals surface area contributed by atoms with Crippen molar-refractivity contribution in [2.24, 2.45) is 0 Å². The normalized spacial score (nSPS) is 17.8. The smallest absolute Gasteiger partial charge is 0.245 e. The molecule has 26 heavy (non-hydrogen) atoms. The van der Waals surface area contributed by atoms with E-state index in [1.807, 2.05) is 32.0 Å². The summed E-state index contributed by atoms with van der Waals surface area (Å²) in [6, 6.07) is 6.87. The molecule has 0 aromatic heterocycles. The van der Waals surface area contributed by atoms with Gasteiger partial charge in [-0.2, -0.15) is 4.72 Å². The van der Waals surface area contributed by atoms with Crippen LogP contribution in [0.2, 0.25) is 0 Å². The first kappa shape index (κ1) is 18.5. The Morgan fingerprint density at radius 2 is 1.73 bits per heavy atom. The second kappa shape index (κ2) is 6.77. The average molecular weight is 380 g/mol. The van der Waals surface area contributed by atoms with Crippen molar-refractivity contribution >= 4 is 21.6 Å². The van der Waals surface area contributed by atoms with E-state index in [2.05, 4.69) is 4.72 Å². The molecule has 138 valence electrons. The number of nitrogens with zero attached hydrogens (tertiary/aromatic N) is 1. The molecule has 2 aromatic carbocycles. The molecule has 0 spiro atoms. The van der Waals surface area contributed by atoms with Crippen LogP contribution in [0.4, 0.5) is 14.5 Å². The summed E-state index contributed by atoms with van der Waals surface area (Å²) in [6.07, 6.45) is 0.258. The number of aryl methyl sites for hydroxylation is 2. The maximum absolute atomic E-state index is 13.8. The van der Waals surface area contributed by atoms with Crippen LogP contribution in [-0.2, 0) is 14.8 Å². The number of sulfonamides is 1. The summed E-state index contributed by atoms with van der Waals surface area (Å²) >= 11 is 0. The predicted octanol–water partition coefficient (Wildman–Crippen LogP) is 2.67.